The number of nitrogen functional groups attached to an aromatic ring is 5. The Balaban J connectivity index is 0.000000110. The van der Waals surface area contributed by atoms with E-state index in [1.54, 1.807) is 54.5 Å². The molecule has 144 heavy (non-hydrogen) atoms. The number of nitrogens with two attached hydrogens (primary N) is 5. The zero-order chi connectivity index (χ0) is 98.9. The second kappa shape index (κ2) is 44.9. The van der Waals surface area contributed by atoms with Crippen molar-refractivity contribution in [1.29, 1.82) is 0 Å². The highest BCUT2D eigenvalue weighted by Crippen LogP contribution is 2.40. The number of pyridine rings is 5. The molecule has 24 rings (SSSR count). The lowest BCUT2D eigenvalue weighted by atomic mass is 10.0. The number of anilines is 5. The number of aromatic nitrogens is 20. The van der Waals surface area contributed by atoms with Crippen LogP contribution in [-0.4, -0.2) is 180 Å². The summed E-state index contributed by atoms with van der Waals surface area (Å²) in [5.74, 6) is 5.95. The first-order valence-corrected chi connectivity index (χ1v) is 51.9. The van der Waals surface area contributed by atoms with E-state index in [4.69, 9.17) is 77.6 Å². The topological polar surface area (TPSA) is 451 Å². The summed E-state index contributed by atoms with van der Waals surface area (Å²) in [6.07, 6.45) is 23.4. The number of aliphatic hydroxyl groups excluding tert-OH is 1. The first kappa shape index (κ1) is 98.1. The van der Waals surface area contributed by atoms with E-state index in [2.05, 4.69) is 200 Å². The lowest BCUT2D eigenvalue weighted by molar-refractivity contribution is -0.0400. The molecule has 1 atom stereocenters. The van der Waals surface area contributed by atoms with Gasteiger partial charge >= 0.3 is 0 Å². The molecule has 2 fully saturated rings. The molecule has 2 saturated heterocycles. The van der Waals surface area contributed by atoms with Gasteiger partial charge in [-0.2, -0.15) is 59.8 Å². The second-order valence-corrected chi connectivity index (χ2v) is 39.6. The zero-order valence-corrected chi connectivity index (χ0v) is 86.6. The van der Waals surface area contributed by atoms with Gasteiger partial charge < -0.3 is 74.0 Å². The number of fused-ring (bicyclic) bond motifs is 11. The van der Waals surface area contributed by atoms with Crippen LogP contribution in [0.1, 0.15) is 72.2 Å². The fourth-order valence-corrected chi connectivity index (χ4v) is 20.6. The number of nitrogens with zero attached hydrogens (tertiary/aromatic N) is 20. The van der Waals surface area contributed by atoms with Gasteiger partial charge in [-0.1, -0.05) is 109 Å². The number of para-hydroxylation sites is 6. The molecule has 6 aromatic carbocycles. The van der Waals surface area contributed by atoms with Crippen LogP contribution in [0, 0.1) is 0 Å². The highest BCUT2D eigenvalue weighted by atomic mass is 79.9. The minimum atomic E-state index is 0.0655. The van der Waals surface area contributed by atoms with Crippen molar-refractivity contribution in [2.24, 2.45) is 0 Å². The molecule has 0 aliphatic carbocycles. The monoisotopic (exact) mass is 2260 g/mol. The van der Waals surface area contributed by atoms with E-state index in [9.17, 15) is 0 Å². The van der Waals surface area contributed by atoms with E-state index in [0.29, 0.717) is 119 Å². The van der Waals surface area contributed by atoms with Crippen molar-refractivity contribution in [2.75, 3.05) is 93.4 Å². The van der Waals surface area contributed by atoms with Gasteiger partial charge in [-0.3, -0.25) is 24.9 Å². The van der Waals surface area contributed by atoms with Crippen molar-refractivity contribution < 1.29 is 24.1 Å². The van der Waals surface area contributed by atoms with Crippen LogP contribution in [0.15, 0.2) is 260 Å². The molecule has 18 heterocycles. The van der Waals surface area contributed by atoms with E-state index < -0.39 is 0 Å². The molecular weight excluding hydrogens is 2170 g/mol. The number of ether oxygens (including phenoxy) is 4. The molecule has 15 aromatic heterocycles. The van der Waals surface area contributed by atoms with Gasteiger partial charge in [0.2, 0.25) is 0 Å². The SMILES string of the molecule is COCCNCc1nc2c(-c3cnc4ccccc4c3)cnn2c(N)c1Br.Nc1c(Br)c(CNC2CCOc3ccccc32)nc2c(-c3cnc4ccccc4c3)cnn12.Nc1c(Br)c(CNC2CCSCC2)nc2c(-c3cnc4ccccc4c3)cnn12.Nc1c(Br)c(CNCCO)nc2c(-c3cnc4ccccc4c3)cnn12.Nc1c(Br)c(COC2CCOCC2)nc2c(-c3cnc4ccccc4c3)cnn12. The first-order chi connectivity index (χ1) is 70.5. The Labute approximate surface area is 871 Å². The number of nitrogens with one attached hydrogen (secondary N) is 4. The lowest BCUT2D eigenvalue weighted by Crippen LogP contribution is -2.32. The van der Waals surface area contributed by atoms with Crippen LogP contribution in [0.25, 0.3) is 138 Å². The van der Waals surface area contributed by atoms with Crippen LogP contribution in [0.4, 0.5) is 29.1 Å². The molecule has 0 radical (unpaired) electrons. The smallest absolute Gasteiger partial charge is 0.165 e. The van der Waals surface area contributed by atoms with E-state index >= 15 is 0 Å². The third kappa shape index (κ3) is 21.2. The van der Waals surface area contributed by atoms with Crippen molar-refractivity contribution in [3.05, 3.63) is 294 Å². The Bertz CT molecular complexity index is 8100. The van der Waals surface area contributed by atoms with Gasteiger partial charge in [0, 0.05) is 197 Å². The third-order valence-corrected chi connectivity index (χ3v) is 30.6. The molecule has 0 bridgehead atoms. The number of thioether (sulfide) groups is 1. The normalized spacial score (nSPS) is 14.0. The molecule has 0 amide bonds. The Kier molecular flexibility index (Phi) is 30.6. The van der Waals surface area contributed by atoms with Crippen LogP contribution >= 0.6 is 91.4 Å². The number of hydrogen-bond acceptors (Lipinski definition) is 30. The van der Waals surface area contributed by atoms with Gasteiger partial charge in [-0.25, -0.2) is 24.9 Å². The molecule has 3 aliphatic heterocycles. The van der Waals surface area contributed by atoms with Gasteiger partial charge in [0.15, 0.2) is 28.2 Å². The Hall–Kier alpha value is -13.3. The molecule has 40 heteroatoms. The zero-order valence-electron chi connectivity index (χ0n) is 77.9. The van der Waals surface area contributed by atoms with Gasteiger partial charge in [0.25, 0.3) is 0 Å². The van der Waals surface area contributed by atoms with Crippen molar-refractivity contribution in [2.45, 2.75) is 83.1 Å². The Morgan fingerprint density at radius 3 is 1.08 bits per heavy atom. The number of hydrogen-bond donors (Lipinski definition) is 10. The fraction of sp³-hybridized carbons (Fsp3) is 0.221. The summed E-state index contributed by atoms with van der Waals surface area (Å²) >= 11 is 19.9. The molecule has 0 spiro atoms. The van der Waals surface area contributed by atoms with E-state index in [0.717, 1.165) is 202 Å². The quantitative estimate of drug-likeness (QED) is 0.0266. The molecule has 15 N–H and O–H groups in total. The van der Waals surface area contributed by atoms with Gasteiger partial charge in [0.1, 0.15) is 34.8 Å². The maximum absolute atomic E-state index is 8.95. The molecular formula is C104H98Br5N29O5S. The maximum Gasteiger partial charge on any atom is 0.165 e. The fourth-order valence-electron chi connectivity index (χ4n) is 17.5. The van der Waals surface area contributed by atoms with Gasteiger partial charge in [0.05, 0.1) is 142 Å². The van der Waals surface area contributed by atoms with Crippen molar-refractivity contribution in [3.63, 3.8) is 0 Å². The standard InChI is InChI=1S/C25H21BrN6O.C21H21BrN6S.C21H20BrN5O2.C19H19BrN6O.C18H17BrN6O/c26-23-21(14-29-20-9-10-33-22-8-4-2-6-17(20)22)31-25-18(13-30-32(25)24(23)27)16-11-15-5-1-3-7-19(15)28-12-16;22-19-18(12-24-15-5-7-29-8-6-15)27-21-16(11-26-28(21)20(19)23)14-9-13-3-1-2-4-17(13)25-10-14;22-19-18(12-29-15-5-7-28-8-6-15)26-21-16(11-25-27(21)20(19)23)14-9-13-3-1-2-4-17(13)24-10-14;1-27-7-6-22-11-16-17(20)18(21)26-19(25-16)14(10-24-26)13-8-12-4-2-3-5-15(12)23-9-13;19-16-15(10-21-5-6-26)24-18-13(9-23-25(18)17(16)20)12-7-11-3-1-2-4-14(11)22-8-12/h1-8,11-13,20,29H,9-10,14,27H2;1-4,9-11,15,24H,5-8,12,23H2;1-4,9-11,15H,5-8,12,23H2;2-5,8-10,22H,6-7,11,21H2,1H3;1-4,7-9,21,26H,5-6,10,20H2. The predicted octanol–water partition coefficient (Wildman–Crippen LogP) is 18.6. The van der Waals surface area contributed by atoms with Crippen molar-refractivity contribution in [3.8, 4) is 61.4 Å². The molecule has 0 saturated carbocycles. The number of benzene rings is 6. The lowest BCUT2D eigenvalue weighted by Gasteiger charge is -2.26. The van der Waals surface area contributed by atoms with Crippen LogP contribution in [0.2, 0.25) is 0 Å². The minimum Gasteiger partial charge on any atom is -0.493 e. The summed E-state index contributed by atoms with van der Waals surface area (Å²) in [5, 5.41) is 50.2. The highest BCUT2D eigenvalue weighted by molar-refractivity contribution is 9.11. The maximum atomic E-state index is 8.95. The van der Waals surface area contributed by atoms with Crippen LogP contribution in [0.3, 0.4) is 0 Å². The Morgan fingerprint density at radius 2 is 0.708 bits per heavy atom. The summed E-state index contributed by atoms with van der Waals surface area (Å²) in [4.78, 5) is 47.0. The summed E-state index contributed by atoms with van der Waals surface area (Å²) in [6.45, 7) is 6.76. The van der Waals surface area contributed by atoms with Crippen LogP contribution < -0.4 is 54.7 Å². The van der Waals surface area contributed by atoms with E-state index in [-0.39, 0.29) is 18.8 Å². The van der Waals surface area contributed by atoms with E-state index in [1.807, 2.05) is 176 Å². The van der Waals surface area contributed by atoms with Gasteiger partial charge in [-0.05, 0) is 184 Å². The van der Waals surface area contributed by atoms with E-state index in [1.165, 1.54) is 29.9 Å². The summed E-state index contributed by atoms with van der Waals surface area (Å²) in [7, 11) is 1.68. The Morgan fingerprint density at radius 1 is 0.382 bits per heavy atom. The number of aliphatic hydroxyl groups is 1. The number of rotatable bonds is 23. The summed E-state index contributed by atoms with van der Waals surface area (Å²) in [6, 6.07) is 59.5. The summed E-state index contributed by atoms with van der Waals surface area (Å²) < 4.78 is 34.3. The molecule has 730 valence electrons. The van der Waals surface area contributed by atoms with Crippen molar-refractivity contribution >= 4 is 203 Å². The highest BCUT2D eigenvalue weighted by Gasteiger charge is 2.28. The van der Waals surface area contributed by atoms with Crippen LogP contribution in [-0.2, 0) is 47.0 Å². The third-order valence-electron chi connectivity index (χ3n) is 25.2. The number of methoxy groups -OCH3 is 1. The van der Waals surface area contributed by atoms with Crippen LogP contribution in [0.5, 0.6) is 5.75 Å². The second-order valence-electron chi connectivity index (χ2n) is 34.4. The largest absolute Gasteiger partial charge is 0.493 e. The van der Waals surface area contributed by atoms with Gasteiger partial charge in [-0.15, -0.1) is 0 Å². The average Bonchev–Trinajstić information content (AvgIpc) is 1.61. The molecule has 1 unspecified atom stereocenters. The average molecular weight is 2270 g/mol. The molecule has 34 nitrogen and oxygen atoms in total. The predicted molar refractivity (Wildman–Crippen MR) is 584 cm³/mol. The minimum absolute atomic E-state index is 0.0655. The van der Waals surface area contributed by atoms with Crippen molar-refractivity contribution in [1.82, 2.24) is 119 Å². The summed E-state index contributed by atoms with van der Waals surface area (Å²) in [5.41, 5.74) is 54.4. The molecule has 21 aromatic rings. The molecule has 3 aliphatic rings. The first-order valence-electron chi connectivity index (χ1n) is 46.8. The number of halogens is 5.